The third kappa shape index (κ3) is 7.89. The van der Waals surface area contributed by atoms with E-state index in [2.05, 4.69) is 171 Å². The van der Waals surface area contributed by atoms with Gasteiger partial charge in [0.1, 0.15) is 5.78 Å². The van der Waals surface area contributed by atoms with Crippen LogP contribution < -0.4 is 5.30 Å². The first-order valence-electron chi connectivity index (χ1n) is 20.5. The van der Waals surface area contributed by atoms with Gasteiger partial charge in [0.05, 0.1) is 0 Å². The molecule has 6 unspecified atom stereocenters. The fraction of sp³-hybridized carbons (Fsp3) is 0.392. The molecule has 5 aromatic rings. The second-order valence-corrected chi connectivity index (χ2v) is 18.3. The monoisotopic (exact) mass is 720 g/mol. The smallest absolute Gasteiger partial charge is 0.134 e. The van der Waals surface area contributed by atoms with Gasteiger partial charge in [0.2, 0.25) is 0 Å². The summed E-state index contributed by atoms with van der Waals surface area (Å²) in [6, 6.07) is 43.6. The average Bonchev–Trinajstić information content (AvgIpc) is 3.21. The zero-order chi connectivity index (χ0) is 37.6. The van der Waals surface area contributed by atoms with E-state index >= 15 is 0 Å². The predicted octanol–water partition coefficient (Wildman–Crippen LogP) is 15.0. The normalized spacial score (nSPS) is 19.8. The molecular weight excluding hydrogens is 660 g/mol. The lowest BCUT2D eigenvalue weighted by Crippen LogP contribution is -2.26. The molecule has 0 amide bonds. The molecule has 1 nitrogen and oxygen atoms in total. The summed E-state index contributed by atoms with van der Waals surface area (Å²) in [5.41, 5.74) is 14.3. The fourth-order valence-electron chi connectivity index (χ4n) is 8.69. The number of Topliss-reactive ketones (excluding diaryl/α,β-unsaturated/α-hetero) is 1. The van der Waals surface area contributed by atoms with E-state index in [9.17, 15) is 4.79 Å². The van der Waals surface area contributed by atoms with Crippen molar-refractivity contribution < 1.29 is 4.79 Å². The highest BCUT2D eigenvalue weighted by Crippen LogP contribution is 2.68. The Balaban J connectivity index is 1.83. The first-order valence-corrected chi connectivity index (χ1v) is 22.0. The number of hydrogen-bond acceptors (Lipinski definition) is 1. The Morgan fingerprint density at radius 1 is 0.472 bits per heavy atom. The van der Waals surface area contributed by atoms with Crippen molar-refractivity contribution in [2.24, 2.45) is 0 Å². The largest absolute Gasteiger partial charge is 0.300 e. The molecule has 1 fully saturated rings. The van der Waals surface area contributed by atoms with Gasteiger partial charge in [0.25, 0.3) is 0 Å². The van der Waals surface area contributed by atoms with E-state index in [4.69, 9.17) is 0 Å². The molecule has 1 saturated heterocycles. The maximum Gasteiger partial charge on any atom is 0.134 e. The van der Waals surface area contributed by atoms with Crippen LogP contribution in [0.5, 0.6) is 0 Å². The van der Waals surface area contributed by atoms with Crippen molar-refractivity contribution in [3.05, 3.63) is 149 Å². The van der Waals surface area contributed by atoms with Crippen molar-refractivity contribution in [2.75, 3.05) is 0 Å². The number of benzene rings is 5. The van der Waals surface area contributed by atoms with Gasteiger partial charge < -0.3 is 0 Å². The Morgan fingerprint density at radius 3 is 1.11 bits per heavy atom. The summed E-state index contributed by atoms with van der Waals surface area (Å²) in [5.74, 6) is 2.06. The lowest BCUT2D eigenvalue weighted by molar-refractivity contribution is -0.119. The lowest BCUT2D eigenvalue weighted by atomic mass is 9.80. The number of carbonyl (C=O) groups is 1. The standard InChI is InChI=1S/C51H61OP/c1-9-34(5)41-26-19-27-42(35(6)10-2)49(41)45-30-21-31-46(50-43(36(7)11-3)28-20-29-44(50)37(8)12-4)51(45)53-47(38-22-15-13-16-23-38)32-40(52)33-48(53)39-24-17-14-18-25-39/h13-31,34-37,47-48H,9-12,32-33H2,1-8H3. The van der Waals surface area contributed by atoms with E-state index in [1.54, 1.807) is 0 Å². The van der Waals surface area contributed by atoms with E-state index in [1.165, 1.54) is 60.9 Å². The summed E-state index contributed by atoms with van der Waals surface area (Å²) in [5, 5.41) is 1.50. The zero-order valence-corrected chi connectivity index (χ0v) is 34.4. The molecule has 2 heteroatoms. The van der Waals surface area contributed by atoms with Crippen molar-refractivity contribution in [3.63, 3.8) is 0 Å². The molecule has 0 N–H and O–H groups in total. The first kappa shape index (κ1) is 38.9. The van der Waals surface area contributed by atoms with E-state index in [0.29, 0.717) is 42.3 Å². The van der Waals surface area contributed by atoms with Gasteiger partial charge in [0.15, 0.2) is 0 Å². The van der Waals surface area contributed by atoms with Gasteiger partial charge in [-0.2, -0.15) is 0 Å². The van der Waals surface area contributed by atoms with Gasteiger partial charge in [-0.3, -0.25) is 4.79 Å². The quantitative estimate of drug-likeness (QED) is 0.111. The van der Waals surface area contributed by atoms with Crippen molar-refractivity contribution in [1.82, 2.24) is 0 Å². The maximum absolute atomic E-state index is 14.1. The van der Waals surface area contributed by atoms with E-state index in [0.717, 1.165) is 25.7 Å². The highest BCUT2D eigenvalue weighted by molar-refractivity contribution is 7.67. The minimum absolute atomic E-state index is 0.114. The van der Waals surface area contributed by atoms with Gasteiger partial charge >= 0.3 is 0 Å². The maximum atomic E-state index is 14.1. The fourth-order valence-corrected chi connectivity index (χ4v) is 12.5. The van der Waals surface area contributed by atoms with Crippen LogP contribution in [0.3, 0.4) is 0 Å². The molecule has 0 radical (unpaired) electrons. The third-order valence-electron chi connectivity index (χ3n) is 12.5. The average molecular weight is 721 g/mol. The van der Waals surface area contributed by atoms with Crippen LogP contribution in [0.25, 0.3) is 22.3 Å². The predicted molar refractivity (Wildman–Crippen MR) is 231 cm³/mol. The summed E-state index contributed by atoms with van der Waals surface area (Å²) < 4.78 is 0. The summed E-state index contributed by atoms with van der Waals surface area (Å²) in [6.45, 7) is 19.0. The second-order valence-electron chi connectivity index (χ2n) is 15.8. The molecule has 6 rings (SSSR count). The number of rotatable bonds is 13. The van der Waals surface area contributed by atoms with Gasteiger partial charge in [-0.05, 0) is 110 Å². The summed E-state index contributed by atoms with van der Waals surface area (Å²) in [7, 11) is -0.926. The van der Waals surface area contributed by atoms with Crippen LogP contribution in [0, 0.1) is 0 Å². The summed E-state index contributed by atoms with van der Waals surface area (Å²) in [4.78, 5) is 14.1. The van der Waals surface area contributed by atoms with Crippen LogP contribution in [0.15, 0.2) is 115 Å². The second kappa shape index (κ2) is 17.6. The molecule has 1 aliphatic rings. The van der Waals surface area contributed by atoms with Crippen LogP contribution in [0.4, 0.5) is 0 Å². The molecule has 276 valence electrons. The number of ketones is 1. The molecule has 1 heterocycles. The van der Waals surface area contributed by atoms with Crippen molar-refractivity contribution >= 4 is 19.0 Å². The van der Waals surface area contributed by atoms with Crippen LogP contribution in [0.1, 0.15) is 162 Å². The van der Waals surface area contributed by atoms with Gasteiger partial charge in [-0.1, -0.05) is 179 Å². The van der Waals surface area contributed by atoms with Crippen LogP contribution in [0.2, 0.25) is 0 Å². The van der Waals surface area contributed by atoms with E-state index in [1.807, 2.05) is 0 Å². The number of carbonyl (C=O) groups excluding carboxylic acids is 1. The van der Waals surface area contributed by atoms with Gasteiger partial charge in [0, 0.05) is 24.2 Å². The Hall–Kier alpha value is -3.80. The molecule has 53 heavy (non-hydrogen) atoms. The first-order chi connectivity index (χ1) is 25.7. The molecule has 0 aliphatic carbocycles. The van der Waals surface area contributed by atoms with Crippen LogP contribution >= 0.6 is 7.92 Å². The molecule has 6 atom stereocenters. The molecule has 0 spiro atoms. The number of hydrogen-bond donors (Lipinski definition) is 0. The molecule has 0 saturated carbocycles. The van der Waals surface area contributed by atoms with Gasteiger partial charge in [-0.15, -0.1) is 0 Å². The third-order valence-corrected chi connectivity index (χ3v) is 15.8. The summed E-state index contributed by atoms with van der Waals surface area (Å²) >= 11 is 0. The molecular formula is C51H61OP. The minimum Gasteiger partial charge on any atom is -0.300 e. The molecule has 0 bridgehead atoms. The van der Waals surface area contributed by atoms with Crippen molar-refractivity contribution in [1.29, 1.82) is 0 Å². The van der Waals surface area contributed by atoms with Crippen LogP contribution in [-0.4, -0.2) is 5.78 Å². The SMILES string of the molecule is CCC(C)c1cccc(C(C)CC)c1-c1cccc(-c2c(C(C)CC)cccc2C(C)CC)c1P1C(c2ccccc2)CC(=O)CC1c1ccccc1. The minimum atomic E-state index is -0.926. The van der Waals surface area contributed by atoms with E-state index < -0.39 is 7.92 Å². The summed E-state index contributed by atoms with van der Waals surface area (Å²) in [6.07, 6.45) is 5.52. The molecule has 1 aliphatic heterocycles. The Bertz CT molecular complexity index is 1780. The van der Waals surface area contributed by atoms with Crippen LogP contribution in [-0.2, 0) is 4.79 Å². The Kier molecular flexibility index (Phi) is 12.9. The highest BCUT2D eigenvalue weighted by atomic mass is 31.1. The topological polar surface area (TPSA) is 17.1 Å². The Morgan fingerprint density at radius 2 is 0.792 bits per heavy atom. The molecule has 5 aromatic carbocycles. The van der Waals surface area contributed by atoms with E-state index in [-0.39, 0.29) is 11.3 Å². The van der Waals surface area contributed by atoms with Crippen molar-refractivity contribution in [2.45, 2.75) is 129 Å². The van der Waals surface area contributed by atoms with Crippen molar-refractivity contribution in [3.8, 4) is 22.3 Å². The lowest BCUT2D eigenvalue weighted by Gasteiger charge is -2.42. The van der Waals surface area contributed by atoms with Gasteiger partial charge in [-0.25, -0.2) is 0 Å². The Labute approximate surface area is 322 Å². The molecule has 0 aromatic heterocycles. The highest BCUT2D eigenvalue weighted by Gasteiger charge is 2.42. The zero-order valence-electron chi connectivity index (χ0n) is 33.5.